The first kappa shape index (κ1) is 13.1. The van der Waals surface area contributed by atoms with Gasteiger partial charge >= 0.3 is 0 Å². The van der Waals surface area contributed by atoms with Gasteiger partial charge in [0.1, 0.15) is 5.69 Å². The van der Waals surface area contributed by atoms with Crippen LogP contribution in [0.25, 0.3) is 0 Å². The van der Waals surface area contributed by atoms with Gasteiger partial charge in [0.05, 0.1) is 13.2 Å². The number of nitrogens with zero attached hydrogens (tertiary/aromatic N) is 1. The molecule has 19 heavy (non-hydrogen) atoms. The van der Waals surface area contributed by atoms with Gasteiger partial charge in [-0.25, -0.2) is 4.98 Å². The number of aromatic nitrogens is 1. The number of hydrogen-bond acceptors (Lipinski definition) is 3. The molecule has 0 radical (unpaired) electrons. The zero-order valence-electron chi connectivity index (χ0n) is 11.0. The number of benzene rings is 1. The van der Waals surface area contributed by atoms with Gasteiger partial charge in [0.2, 0.25) is 5.88 Å². The van der Waals surface area contributed by atoms with Crippen LogP contribution in [-0.4, -0.2) is 18.0 Å². The Morgan fingerprint density at radius 2 is 1.89 bits per heavy atom. The van der Waals surface area contributed by atoms with E-state index < -0.39 is 0 Å². The summed E-state index contributed by atoms with van der Waals surface area (Å²) in [6, 6.07) is 14.8. The molecule has 0 saturated carbocycles. The SMILES string of the molecule is COc1cccc(C(=O)NC(C)c2ccccc2)n1. The lowest BCUT2D eigenvalue weighted by Crippen LogP contribution is -2.27. The number of hydrogen-bond donors (Lipinski definition) is 1. The number of nitrogens with one attached hydrogen (secondary N) is 1. The lowest BCUT2D eigenvalue weighted by molar-refractivity contribution is 0.0934. The van der Waals surface area contributed by atoms with Crippen molar-refractivity contribution in [3.8, 4) is 5.88 Å². The molecule has 0 aliphatic carbocycles. The van der Waals surface area contributed by atoms with Gasteiger partial charge in [-0.05, 0) is 18.6 Å². The molecule has 0 aliphatic rings. The third-order valence-electron chi connectivity index (χ3n) is 2.81. The van der Waals surface area contributed by atoms with Crippen molar-refractivity contribution in [2.75, 3.05) is 7.11 Å². The van der Waals surface area contributed by atoms with Crippen molar-refractivity contribution < 1.29 is 9.53 Å². The molecular weight excluding hydrogens is 240 g/mol. The largest absolute Gasteiger partial charge is 0.481 e. The standard InChI is InChI=1S/C15H16N2O2/c1-11(12-7-4-3-5-8-12)16-15(18)13-9-6-10-14(17-13)19-2/h3-11H,1-2H3,(H,16,18). The van der Waals surface area contributed by atoms with Crippen LogP contribution >= 0.6 is 0 Å². The maximum absolute atomic E-state index is 12.1. The Bertz CT molecular complexity index is 555. The summed E-state index contributed by atoms with van der Waals surface area (Å²) in [6.07, 6.45) is 0. The molecule has 1 aromatic heterocycles. The van der Waals surface area contributed by atoms with Crippen LogP contribution in [0.5, 0.6) is 5.88 Å². The summed E-state index contributed by atoms with van der Waals surface area (Å²) >= 11 is 0. The second-order valence-corrected chi connectivity index (χ2v) is 4.17. The lowest BCUT2D eigenvalue weighted by atomic mass is 10.1. The van der Waals surface area contributed by atoms with Gasteiger partial charge in [0.25, 0.3) is 5.91 Å². The van der Waals surface area contributed by atoms with E-state index in [1.54, 1.807) is 18.2 Å². The van der Waals surface area contributed by atoms with Crippen LogP contribution in [0.3, 0.4) is 0 Å². The number of carbonyl (C=O) groups is 1. The smallest absolute Gasteiger partial charge is 0.270 e. The van der Waals surface area contributed by atoms with Crippen LogP contribution in [0.15, 0.2) is 48.5 Å². The van der Waals surface area contributed by atoms with Gasteiger partial charge in [-0.15, -0.1) is 0 Å². The van der Waals surface area contributed by atoms with Crippen molar-refractivity contribution in [3.63, 3.8) is 0 Å². The van der Waals surface area contributed by atoms with Crippen LogP contribution in [-0.2, 0) is 0 Å². The van der Waals surface area contributed by atoms with Gasteiger partial charge in [-0.3, -0.25) is 4.79 Å². The van der Waals surface area contributed by atoms with E-state index in [1.165, 1.54) is 7.11 Å². The van der Waals surface area contributed by atoms with Gasteiger partial charge in [0.15, 0.2) is 0 Å². The highest BCUT2D eigenvalue weighted by atomic mass is 16.5. The first-order chi connectivity index (χ1) is 9.20. The Morgan fingerprint density at radius 1 is 1.16 bits per heavy atom. The quantitative estimate of drug-likeness (QED) is 0.914. The van der Waals surface area contributed by atoms with E-state index in [1.807, 2.05) is 37.3 Å². The first-order valence-electron chi connectivity index (χ1n) is 6.07. The number of carbonyl (C=O) groups excluding carboxylic acids is 1. The molecule has 4 nitrogen and oxygen atoms in total. The van der Waals surface area contributed by atoms with Gasteiger partial charge < -0.3 is 10.1 Å². The Kier molecular flexibility index (Phi) is 4.13. The second-order valence-electron chi connectivity index (χ2n) is 4.17. The predicted molar refractivity (Wildman–Crippen MR) is 73.1 cm³/mol. The Labute approximate surface area is 112 Å². The van der Waals surface area contributed by atoms with Gasteiger partial charge in [-0.2, -0.15) is 0 Å². The fraction of sp³-hybridized carbons (Fsp3) is 0.200. The molecule has 98 valence electrons. The summed E-state index contributed by atoms with van der Waals surface area (Å²) in [5.41, 5.74) is 1.40. The summed E-state index contributed by atoms with van der Waals surface area (Å²) in [6.45, 7) is 1.94. The monoisotopic (exact) mass is 256 g/mol. The van der Waals surface area contributed by atoms with Crippen molar-refractivity contribution in [1.29, 1.82) is 0 Å². The molecule has 4 heteroatoms. The predicted octanol–water partition coefficient (Wildman–Crippen LogP) is 2.58. The minimum atomic E-state index is -0.213. The highest BCUT2D eigenvalue weighted by Crippen LogP contribution is 2.13. The molecule has 0 fully saturated rings. The normalized spacial score (nSPS) is 11.7. The summed E-state index contributed by atoms with van der Waals surface area (Å²) < 4.78 is 5.00. The summed E-state index contributed by atoms with van der Waals surface area (Å²) in [5, 5.41) is 2.91. The molecule has 2 aromatic rings. The highest BCUT2D eigenvalue weighted by Gasteiger charge is 2.12. The fourth-order valence-electron chi connectivity index (χ4n) is 1.75. The van der Waals surface area contributed by atoms with Crippen LogP contribution in [0.2, 0.25) is 0 Å². The van der Waals surface area contributed by atoms with Gasteiger partial charge in [-0.1, -0.05) is 36.4 Å². The average molecular weight is 256 g/mol. The molecule has 0 bridgehead atoms. The van der Waals surface area contributed by atoms with Crippen molar-refractivity contribution in [3.05, 3.63) is 59.8 Å². The minimum Gasteiger partial charge on any atom is -0.481 e. The first-order valence-corrected chi connectivity index (χ1v) is 6.07. The second kappa shape index (κ2) is 6.00. The van der Waals surface area contributed by atoms with Crippen molar-refractivity contribution >= 4 is 5.91 Å². The van der Waals surface area contributed by atoms with Gasteiger partial charge in [0, 0.05) is 6.07 Å². The number of amides is 1. The molecule has 1 unspecified atom stereocenters. The average Bonchev–Trinajstić information content (AvgIpc) is 2.48. The van der Waals surface area contributed by atoms with Crippen LogP contribution in [0.1, 0.15) is 29.0 Å². The van der Waals surface area contributed by atoms with Crippen LogP contribution in [0.4, 0.5) is 0 Å². The molecule has 1 atom stereocenters. The maximum Gasteiger partial charge on any atom is 0.270 e. The fourth-order valence-corrected chi connectivity index (χ4v) is 1.75. The minimum absolute atomic E-state index is 0.0679. The van der Waals surface area contributed by atoms with E-state index >= 15 is 0 Å². The molecule has 1 heterocycles. The molecule has 0 spiro atoms. The molecule has 0 aliphatic heterocycles. The zero-order chi connectivity index (χ0) is 13.7. The molecule has 0 saturated heterocycles. The van der Waals surface area contributed by atoms with E-state index in [-0.39, 0.29) is 11.9 Å². The van der Waals surface area contributed by atoms with Crippen molar-refractivity contribution in [2.45, 2.75) is 13.0 Å². The topological polar surface area (TPSA) is 51.2 Å². The Balaban J connectivity index is 2.08. The molecule has 1 amide bonds. The zero-order valence-corrected chi connectivity index (χ0v) is 11.0. The molecule has 1 aromatic carbocycles. The number of pyridine rings is 1. The van der Waals surface area contributed by atoms with Crippen LogP contribution < -0.4 is 10.1 Å². The molecular formula is C15H16N2O2. The summed E-state index contributed by atoms with van der Waals surface area (Å²) in [5.74, 6) is 0.218. The molecule has 2 rings (SSSR count). The Morgan fingerprint density at radius 3 is 2.58 bits per heavy atom. The summed E-state index contributed by atoms with van der Waals surface area (Å²) in [4.78, 5) is 16.2. The number of rotatable bonds is 4. The number of methoxy groups -OCH3 is 1. The Hall–Kier alpha value is -2.36. The maximum atomic E-state index is 12.1. The highest BCUT2D eigenvalue weighted by molar-refractivity contribution is 5.92. The van der Waals surface area contributed by atoms with Crippen LogP contribution in [0, 0.1) is 0 Å². The third-order valence-corrected chi connectivity index (χ3v) is 2.81. The number of ether oxygens (including phenoxy) is 1. The third kappa shape index (κ3) is 3.31. The van der Waals surface area contributed by atoms with E-state index in [2.05, 4.69) is 10.3 Å². The summed E-state index contributed by atoms with van der Waals surface area (Å²) in [7, 11) is 1.52. The van der Waals surface area contributed by atoms with Crippen molar-refractivity contribution in [1.82, 2.24) is 10.3 Å². The van der Waals surface area contributed by atoms with Crippen molar-refractivity contribution in [2.24, 2.45) is 0 Å². The lowest BCUT2D eigenvalue weighted by Gasteiger charge is -2.14. The van der Waals surface area contributed by atoms with E-state index in [0.29, 0.717) is 11.6 Å². The van der Waals surface area contributed by atoms with E-state index in [0.717, 1.165) is 5.56 Å². The molecule has 1 N–H and O–H groups in total. The van der Waals surface area contributed by atoms with E-state index in [4.69, 9.17) is 4.74 Å². The van der Waals surface area contributed by atoms with E-state index in [9.17, 15) is 4.79 Å².